The van der Waals surface area contributed by atoms with E-state index in [0.29, 0.717) is 13.0 Å². The Balaban J connectivity index is 2.13. The molecule has 0 saturated carbocycles. The van der Waals surface area contributed by atoms with Crippen molar-refractivity contribution in [1.82, 2.24) is 0 Å². The molecule has 0 radical (unpaired) electrons. The first-order valence-corrected chi connectivity index (χ1v) is 6.11. The lowest BCUT2D eigenvalue weighted by molar-refractivity contribution is 0.227. The van der Waals surface area contributed by atoms with Crippen LogP contribution in [0.5, 0.6) is 5.75 Å². The van der Waals surface area contributed by atoms with Gasteiger partial charge in [0.15, 0.2) is 0 Å². The van der Waals surface area contributed by atoms with Gasteiger partial charge in [0.25, 0.3) is 0 Å². The first-order valence-electron chi connectivity index (χ1n) is 6.11. The molecule has 2 nitrogen and oxygen atoms in total. The number of ether oxygens (including phenoxy) is 1. The van der Waals surface area contributed by atoms with E-state index in [4.69, 9.17) is 10.5 Å². The van der Waals surface area contributed by atoms with Crippen LogP contribution in [0.1, 0.15) is 24.8 Å². The Labute approximate surface area is 101 Å². The van der Waals surface area contributed by atoms with Gasteiger partial charge >= 0.3 is 0 Å². The van der Waals surface area contributed by atoms with E-state index in [1.807, 2.05) is 0 Å². The molecular formula is C14H18FNO. The number of hydrogen-bond acceptors (Lipinski definition) is 2. The van der Waals surface area contributed by atoms with Crippen LogP contribution in [0.4, 0.5) is 4.39 Å². The maximum absolute atomic E-state index is 13.1. The summed E-state index contributed by atoms with van der Waals surface area (Å²) < 4.78 is 19.0. The van der Waals surface area contributed by atoms with Gasteiger partial charge in [0.2, 0.25) is 0 Å². The molecule has 0 aromatic heterocycles. The number of halogens is 1. The van der Waals surface area contributed by atoms with Crippen molar-refractivity contribution in [3.8, 4) is 5.75 Å². The minimum atomic E-state index is -0.236. The van der Waals surface area contributed by atoms with Crippen molar-refractivity contribution in [2.75, 3.05) is 6.54 Å². The molecule has 0 fully saturated rings. The Morgan fingerprint density at radius 3 is 3.00 bits per heavy atom. The number of benzene rings is 1. The SMILES string of the molecule is NCCc1cc(F)ccc1OC1C=CCCC1. The Hall–Kier alpha value is -1.35. The van der Waals surface area contributed by atoms with Gasteiger partial charge in [-0.1, -0.05) is 6.08 Å². The normalized spacial score (nSPS) is 19.3. The molecule has 1 aliphatic rings. The van der Waals surface area contributed by atoms with E-state index in [-0.39, 0.29) is 11.9 Å². The molecule has 0 aliphatic heterocycles. The monoisotopic (exact) mass is 235 g/mol. The number of nitrogens with two attached hydrogens (primary N) is 1. The van der Waals surface area contributed by atoms with Gasteiger partial charge < -0.3 is 10.5 Å². The van der Waals surface area contributed by atoms with Gasteiger partial charge in [0.1, 0.15) is 17.7 Å². The molecule has 1 atom stereocenters. The average Bonchev–Trinajstić information content (AvgIpc) is 2.34. The van der Waals surface area contributed by atoms with E-state index in [2.05, 4.69) is 12.2 Å². The van der Waals surface area contributed by atoms with Crippen LogP contribution in [0, 0.1) is 5.82 Å². The van der Waals surface area contributed by atoms with Gasteiger partial charge in [-0.05, 0) is 62.1 Å². The largest absolute Gasteiger partial charge is 0.486 e. The zero-order valence-corrected chi connectivity index (χ0v) is 9.86. The quantitative estimate of drug-likeness (QED) is 0.814. The predicted octanol–water partition coefficient (Wildman–Crippen LogP) is 2.81. The van der Waals surface area contributed by atoms with Crippen molar-refractivity contribution >= 4 is 0 Å². The molecule has 0 spiro atoms. The third kappa shape index (κ3) is 3.30. The van der Waals surface area contributed by atoms with Crippen LogP contribution in [0.3, 0.4) is 0 Å². The van der Waals surface area contributed by atoms with Crippen molar-refractivity contribution < 1.29 is 9.13 Å². The summed E-state index contributed by atoms with van der Waals surface area (Å²) in [4.78, 5) is 0. The van der Waals surface area contributed by atoms with E-state index in [9.17, 15) is 4.39 Å². The highest BCUT2D eigenvalue weighted by Gasteiger charge is 2.12. The highest BCUT2D eigenvalue weighted by atomic mass is 19.1. The lowest BCUT2D eigenvalue weighted by Gasteiger charge is -2.20. The Morgan fingerprint density at radius 2 is 2.29 bits per heavy atom. The van der Waals surface area contributed by atoms with Gasteiger partial charge in [-0.3, -0.25) is 0 Å². The summed E-state index contributed by atoms with van der Waals surface area (Å²) in [5.74, 6) is 0.522. The molecule has 0 saturated heterocycles. The summed E-state index contributed by atoms with van der Waals surface area (Å²) in [7, 11) is 0. The fourth-order valence-electron chi connectivity index (χ4n) is 2.06. The van der Waals surface area contributed by atoms with E-state index < -0.39 is 0 Å². The van der Waals surface area contributed by atoms with Crippen molar-refractivity contribution in [3.05, 3.63) is 41.7 Å². The van der Waals surface area contributed by atoms with E-state index in [1.54, 1.807) is 6.07 Å². The van der Waals surface area contributed by atoms with Gasteiger partial charge in [-0.2, -0.15) is 0 Å². The highest BCUT2D eigenvalue weighted by molar-refractivity contribution is 5.34. The van der Waals surface area contributed by atoms with Gasteiger partial charge in [-0.15, -0.1) is 0 Å². The van der Waals surface area contributed by atoms with Gasteiger partial charge in [0.05, 0.1) is 0 Å². The first-order chi connectivity index (χ1) is 8.29. The molecule has 0 bridgehead atoms. The van der Waals surface area contributed by atoms with Crippen LogP contribution in [0.15, 0.2) is 30.4 Å². The van der Waals surface area contributed by atoms with Crippen molar-refractivity contribution in [1.29, 1.82) is 0 Å². The number of hydrogen-bond donors (Lipinski definition) is 1. The van der Waals surface area contributed by atoms with Crippen LogP contribution in [-0.2, 0) is 6.42 Å². The van der Waals surface area contributed by atoms with E-state index >= 15 is 0 Å². The molecule has 92 valence electrons. The van der Waals surface area contributed by atoms with Crippen molar-refractivity contribution in [2.45, 2.75) is 31.8 Å². The molecule has 0 heterocycles. The zero-order chi connectivity index (χ0) is 12.1. The molecule has 2 rings (SSSR count). The molecule has 1 aromatic rings. The van der Waals surface area contributed by atoms with Crippen LogP contribution < -0.4 is 10.5 Å². The molecule has 17 heavy (non-hydrogen) atoms. The van der Waals surface area contributed by atoms with E-state index in [1.165, 1.54) is 12.1 Å². The predicted molar refractivity (Wildman–Crippen MR) is 66.6 cm³/mol. The van der Waals surface area contributed by atoms with Crippen LogP contribution in [0.2, 0.25) is 0 Å². The molecule has 0 amide bonds. The Bertz CT molecular complexity index is 403. The molecule has 1 aromatic carbocycles. The lowest BCUT2D eigenvalue weighted by atomic mass is 10.0. The summed E-state index contributed by atoms with van der Waals surface area (Å²) >= 11 is 0. The summed E-state index contributed by atoms with van der Waals surface area (Å²) in [6.45, 7) is 0.500. The maximum Gasteiger partial charge on any atom is 0.123 e. The second kappa shape index (κ2) is 5.82. The van der Waals surface area contributed by atoms with Crippen LogP contribution in [-0.4, -0.2) is 12.6 Å². The first kappa shape index (κ1) is 12.1. The van der Waals surface area contributed by atoms with Crippen molar-refractivity contribution in [3.63, 3.8) is 0 Å². The smallest absolute Gasteiger partial charge is 0.123 e. The van der Waals surface area contributed by atoms with Crippen LogP contribution >= 0.6 is 0 Å². The fourth-order valence-corrected chi connectivity index (χ4v) is 2.06. The van der Waals surface area contributed by atoms with Crippen LogP contribution in [0.25, 0.3) is 0 Å². The molecule has 1 aliphatic carbocycles. The summed E-state index contributed by atoms with van der Waals surface area (Å²) in [6.07, 6.45) is 8.28. The maximum atomic E-state index is 13.1. The third-order valence-electron chi connectivity index (χ3n) is 2.92. The Kier molecular flexibility index (Phi) is 4.15. The van der Waals surface area contributed by atoms with Crippen molar-refractivity contribution in [2.24, 2.45) is 5.73 Å². The number of allylic oxidation sites excluding steroid dienone is 1. The topological polar surface area (TPSA) is 35.2 Å². The summed E-state index contributed by atoms with van der Waals surface area (Å²) in [6, 6.07) is 4.64. The van der Waals surface area contributed by atoms with Gasteiger partial charge in [0, 0.05) is 0 Å². The standard InChI is InChI=1S/C14H18FNO/c15-12-6-7-14(11(10-12)8-9-16)17-13-4-2-1-3-5-13/h2,4,6-7,10,13H,1,3,5,8-9,16H2. The summed E-state index contributed by atoms with van der Waals surface area (Å²) in [5.41, 5.74) is 6.37. The molecule has 1 unspecified atom stereocenters. The van der Waals surface area contributed by atoms with E-state index in [0.717, 1.165) is 30.6 Å². The second-order valence-electron chi connectivity index (χ2n) is 4.31. The second-order valence-corrected chi connectivity index (χ2v) is 4.31. The third-order valence-corrected chi connectivity index (χ3v) is 2.92. The minimum Gasteiger partial charge on any atom is -0.486 e. The summed E-state index contributed by atoms with van der Waals surface area (Å²) in [5, 5.41) is 0. The fraction of sp³-hybridized carbons (Fsp3) is 0.429. The Morgan fingerprint density at radius 1 is 1.41 bits per heavy atom. The molecule has 3 heteroatoms. The average molecular weight is 235 g/mol. The highest BCUT2D eigenvalue weighted by Crippen LogP contribution is 2.24. The molecular weight excluding hydrogens is 217 g/mol. The lowest BCUT2D eigenvalue weighted by Crippen LogP contribution is -2.17. The zero-order valence-electron chi connectivity index (χ0n) is 9.86. The molecule has 2 N–H and O–H groups in total. The number of rotatable bonds is 4. The minimum absolute atomic E-state index is 0.116. The van der Waals surface area contributed by atoms with Gasteiger partial charge in [-0.25, -0.2) is 4.39 Å².